The fourth-order valence-electron chi connectivity index (χ4n) is 1.14. The molecule has 1 aromatic carbocycles. The van der Waals surface area contributed by atoms with Gasteiger partial charge in [-0.05, 0) is 19.1 Å². The minimum absolute atomic E-state index is 0.424. The largest absolute Gasteiger partial charge is 0.417 e. The number of rotatable bonds is 0. The van der Waals surface area contributed by atoms with Gasteiger partial charge in [0.25, 0.3) is 0 Å². The number of benzene rings is 1. The lowest BCUT2D eigenvalue weighted by Gasteiger charge is -1.96. The van der Waals surface area contributed by atoms with Gasteiger partial charge in [0.2, 0.25) is 0 Å². The predicted octanol–water partition coefficient (Wildman–Crippen LogP) is 1.72. The highest BCUT2D eigenvalue weighted by atomic mass is 32.1. The first-order chi connectivity index (χ1) is 5.68. The SMILES string of the molecule is Cc1c(S)ccc2[nH]c(=O)oc12. The van der Waals surface area contributed by atoms with Crippen LogP contribution in [0, 0.1) is 6.92 Å². The van der Waals surface area contributed by atoms with Gasteiger partial charge < -0.3 is 4.42 Å². The van der Waals surface area contributed by atoms with Gasteiger partial charge in [-0.2, -0.15) is 0 Å². The molecule has 2 rings (SSSR count). The van der Waals surface area contributed by atoms with Gasteiger partial charge in [-0.3, -0.25) is 4.98 Å². The molecule has 0 amide bonds. The Morgan fingerprint density at radius 2 is 2.25 bits per heavy atom. The van der Waals surface area contributed by atoms with Crippen LogP contribution in [0.5, 0.6) is 0 Å². The molecule has 2 aromatic rings. The van der Waals surface area contributed by atoms with Crippen molar-refractivity contribution in [2.75, 3.05) is 0 Å². The van der Waals surface area contributed by atoms with Crippen molar-refractivity contribution in [1.82, 2.24) is 4.98 Å². The number of aryl methyl sites for hydroxylation is 1. The molecule has 0 atom stereocenters. The van der Waals surface area contributed by atoms with E-state index in [1.54, 1.807) is 6.07 Å². The van der Waals surface area contributed by atoms with Crippen LogP contribution < -0.4 is 5.76 Å². The van der Waals surface area contributed by atoms with E-state index in [0.717, 1.165) is 16.0 Å². The van der Waals surface area contributed by atoms with E-state index in [4.69, 9.17) is 4.42 Å². The third kappa shape index (κ3) is 0.956. The third-order valence-electron chi connectivity index (χ3n) is 1.81. The van der Waals surface area contributed by atoms with Gasteiger partial charge in [-0.25, -0.2) is 4.79 Å². The van der Waals surface area contributed by atoms with Crippen molar-refractivity contribution in [3.63, 3.8) is 0 Å². The van der Waals surface area contributed by atoms with Gasteiger partial charge >= 0.3 is 5.76 Å². The van der Waals surface area contributed by atoms with Crippen molar-refractivity contribution in [3.8, 4) is 0 Å². The molecule has 12 heavy (non-hydrogen) atoms. The first kappa shape index (κ1) is 7.49. The van der Waals surface area contributed by atoms with Gasteiger partial charge in [-0.15, -0.1) is 12.6 Å². The van der Waals surface area contributed by atoms with Crippen LogP contribution in [0.2, 0.25) is 0 Å². The lowest BCUT2D eigenvalue weighted by molar-refractivity contribution is 0.552. The van der Waals surface area contributed by atoms with Crippen molar-refractivity contribution < 1.29 is 4.42 Å². The fourth-order valence-corrected chi connectivity index (χ4v) is 1.32. The number of fused-ring (bicyclic) bond motifs is 1. The Bertz CT molecular complexity index is 483. The van der Waals surface area contributed by atoms with E-state index in [1.165, 1.54) is 0 Å². The number of thiol groups is 1. The highest BCUT2D eigenvalue weighted by Crippen LogP contribution is 2.21. The van der Waals surface area contributed by atoms with Crippen molar-refractivity contribution in [1.29, 1.82) is 0 Å². The maximum absolute atomic E-state index is 10.8. The highest BCUT2D eigenvalue weighted by Gasteiger charge is 2.05. The monoisotopic (exact) mass is 181 g/mol. The van der Waals surface area contributed by atoms with E-state index in [9.17, 15) is 4.79 Å². The summed E-state index contributed by atoms with van der Waals surface area (Å²) in [6, 6.07) is 3.60. The number of hydrogen-bond acceptors (Lipinski definition) is 3. The normalized spacial score (nSPS) is 10.8. The summed E-state index contributed by atoms with van der Waals surface area (Å²) in [5, 5.41) is 0. The molecule has 0 fully saturated rings. The Balaban J connectivity index is 2.99. The maximum atomic E-state index is 10.8. The molecule has 0 unspecified atom stereocenters. The molecule has 0 aliphatic heterocycles. The topological polar surface area (TPSA) is 46.0 Å². The van der Waals surface area contributed by atoms with Crippen molar-refractivity contribution in [2.24, 2.45) is 0 Å². The molecule has 1 heterocycles. The van der Waals surface area contributed by atoms with Gasteiger partial charge in [0.15, 0.2) is 5.58 Å². The van der Waals surface area contributed by atoms with Crippen molar-refractivity contribution in [2.45, 2.75) is 11.8 Å². The van der Waals surface area contributed by atoms with E-state index in [1.807, 2.05) is 13.0 Å². The molecule has 0 saturated carbocycles. The summed E-state index contributed by atoms with van der Waals surface area (Å²) in [5.74, 6) is -0.424. The fraction of sp³-hybridized carbons (Fsp3) is 0.125. The Morgan fingerprint density at radius 1 is 1.50 bits per heavy atom. The summed E-state index contributed by atoms with van der Waals surface area (Å²) in [4.78, 5) is 14.2. The number of nitrogens with one attached hydrogen (secondary N) is 1. The first-order valence-electron chi connectivity index (χ1n) is 3.50. The molecule has 0 bridgehead atoms. The molecule has 0 aliphatic carbocycles. The van der Waals surface area contributed by atoms with Crippen LogP contribution in [0.1, 0.15) is 5.56 Å². The second kappa shape index (κ2) is 2.42. The Labute approximate surface area is 73.8 Å². The zero-order valence-electron chi connectivity index (χ0n) is 6.42. The molecular weight excluding hydrogens is 174 g/mol. The Hall–Kier alpha value is -1.16. The molecule has 0 spiro atoms. The highest BCUT2D eigenvalue weighted by molar-refractivity contribution is 7.80. The van der Waals surface area contributed by atoms with Crippen molar-refractivity contribution in [3.05, 3.63) is 28.2 Å². The van der Waals surface area contributed by atoms with Crippen molar-refractivity contribution >= 4 is 23.7 Å². The first-order valence-corrected chi connectivity index (χ1v) is 3.94. The number of H-pyrrole nitrogens is 1. The molecule has 0 aliphatic rings. The van der Waals surface area contributed by atoms with E-state index in [-0.39, 0.29) is 0 Å². The third-order valence-corrected chi connectivity index (χ3v) is 2.29. The smallest absolute Gasteiger partial charge is 0.408 e. The quantitative estimate of drug-likeness (QED) is 0.608. The Morgan fingerprint density at radius 3 is 3.00 bits per heavy atom. The predicted molar refractivity (Wildman–Crippen MR) is 48.8 cm³/mol. The minimum atomic E-state index is -0.424. The summed E-state index contributed by atoms with van der Waals surface area (Å²) in [6.45, 7) is 1.86. The van der Waals surface area contributed by atoms with E-state index >= 15 is 0 Å². The molecular formula is C8H7NO2S. The average Bonchev–Trinajstić information content (AvgIpc) is 2.39. The average molecular weight is 181 g/mol. The zero-order valence-corrected chi connectivity index (χ0v) is 7.31. The van der Waals surface area contributed by atoms with Crippen LogP contribution >= 0.6 is 12.6 Å². The number of aromatic amines is 1. The summed E-state index contributed by atoms with van der Waals surface area (Å²) < 4.78 is 4.92. The summed E-state index contributed by atoms with van der Waals surface area (Å²) in [7, 11) is 0. The second-order valence-electron chi connectivity index (χ2n) is 2.60. The second-order valence-corrected chi connectivity index (χ2v) is 3.08. The maximum Gasteiger partial charge on any atom is 0.417 e. The molecule has 0 radical (unpaired) electrons. The summed E-state index contributed by atoms with van der Waals surface area (Å²) in [6.07, 6.45) is 0. The van der Waals surface area contributed by atoms with Crippen LogP contribution in [-0.2, 0) is 0 Å². The molecule has 1 N–H and O–H groups in total. The lowest BCUT2D eigenvalue weighted by Crippen LogP contribution is -1.92. The zero-order chi connectivity index (χ0) is 8.72. The summed E-state index contributed by atoms with van der Waals surface area (Å²) in [5.41, 5.74) is 2.19. The van der Waals surface area contributed by atoms with Gasteiger partial charge in [0.1, 0.15) is 0 Å². The molecule has 3 nitrogen and oxygen atoms in total. The molecule has 4 heteroatoms. The van der Waals surface area contributed by atoms with Crippen LogP contribution in [0.15, 0.2) is 26.2 Å². The molecule has 62 valence electrons. The number of hydrogen-bond donors (Lipinski definition) is 2. The lowest BCUT2D eigenvalue weighted by atomic mass is 10.2. The summed E-state index contributed by atoms with van der Waals surface area (Å²) >= 11 is 4.21. The standard InChI is InChI=1S/C8H7NO2S/c1-4-6(12)3-2-5-7(4)11-8(10)9-5/h2-3,12H,1H3,(H,9,10). The molecule has 0 saturated heterocycles. The van der Waals surface area contributed by atoms with Gasteiger partial charge in [-0.1, -0.05) is 0 Å². The van der Waals surface area contributed by atoms with E-state index in [0.29, 0.717) is 5.58 Å². The van der Waals surface area contributed by atoms with Gasteiger partial charge in [0, 0.05) is 10.5 Å². The van der Waals surface area contributed by atoms with Crippen LogP contribution in [-0.4, -0.2) is 4.98 Å². The molecule has 1 aromatic heterocycles. The van der Waals surface area contributed by atoms with Crippen LogP contribution in [0.3, 0.4) is 0 Å². The minimum Gasteiger partial charge on any atom is -0.408 e. The van der Waals surface area contributed by atoms with Crippen LogP contribution in [0.4, 0.5) is 0 Å². The van der Waals surface area contributed by atoms with Gasteiger partial charge in [0.05, 0.1) is 5.52 Å². The van der Waals surface area contributed by atoms with E-state index < -0.39 is 5.76 Å². The Kier molecular flexibility index (Phi) is 1.51. The number of aromatic nitrogens is 1. The van der Waals surface area contributed by atoms with E-state index in [2.05, 4.69) is 17.6 Å². The van der Waals surface area contributed by atoms with Crippen LogP contribution in [0.25, 0.3) is 11.1 Å². The number of oxazole rings is 1.